The number of hydrogen-bond donors (Lipinski definition) is 1. The van der Waals surface area contributed by atoms with E-state index in [0.717, 1.165) is 4.47 Å². The molecule has 0 aliphatic carbocycles. The number of nitrogens with zero attached hydrogens (tertiary/aromatic N) is 1. The smallest absolute Gasteiger partial charge is 0.257 e. The molecule has 31 heavy (non-hydrogen) atoms. The molecule has 0 spiro atoms. The van der Waals surface area contributed by atoms with Crippen molar-refractivity contribution in [2.24, 2.45) is 10.9 Å². The molecule has 8 heteroatoms. The maximum Gasteiger partial charge on any atom is 0.257 e. The lowest BCUT2D eigenvalue weighted by molar-refractivity contribution is -0.0351. The van der Waals surface area contributed by atoms with Gasteiger partial charge < -0.3 is 14.8 Å². The number of amidine groups is 1. The highest BCUT2D eigenvalue weighted by molar-refractivity contribution is 9.10. The Hall–Kier alpha value is -2.16. The van der Waals surface area contributed by atoms with E-state index in [2.05, 4.69) is 21.2 Å². The molecule has 0 saturated carbocycles. The van der Waals surface area contributed by atoms with Gasteiger partial charge in [0.05, 0.1) is 26.1 Å². The van der Waals surface area contributed by atoms with Gasteiger partial charge in [-0.2, -0.15) is 0 Å². The Morgan fingerprint density at radius 3 is 2.94 bits per heavy atom. The fraction of sp³-hybridized carbons (Fsp3) is 0.304. The van der Waals surface area contributed by atoms with Gasteiger partial charge >= 0.3 is 0 Å². The van der Waals surface area contributed by atoms with Gasteiger partial charge in [-0.25, -0.2) is 9.38 Å². The first-order chi connectivity index (χ1) is 15.0. The van der Waals surface area contributed by atoms with Crippen molar-refractivity contribution in [3.8, 4) is 0 Å². The summed E-state index contributed by atoms with van der Waals surface area (Å²) in [5, 5.41) is 3.36. The van der Waals surface area contributed by atoms with Crippen molar-refractivity contribution in [1.82, 2.24) is 5.32 Å². The van der Waals surface area contributed by atoms with Gasteiger partial charge in [0.25, 0.3) is 5.91 Å². The zero-order valence-corrected chi connectivity index (χ0v) is 19.3. The highest BCUT2D eigenvalue weighted by Gasteiger charge is 2.49. The summed E-state index contributed by atoms with van der Waals surface area (Å²) in [6.07, 6.45) is 4.00. The number of aliphatic imine (C=N–C) groups is 1. The van der Waals surface area contributed by atoms with Gasteiger partial charge in [0.2, 0.25) is 0 Å². The molecule has 0 bridgehead atoms. The molecule has 2 aromatic rings. The first-order valence-corrected chi connectivity index (χ1v) is 11.7. The molecule has 3 atom stereocenters. The minimum Gasteiger partial charge on any atom is -0.505 e. The lowest BCUT2D eigenvalue weighted by Crippen LogP contribution is -2.51. The van der Waals surface area contributed by atoms with Crippen LogP contribution < -0.4 is 5.32 Å². The predicted molar refractivity (Wildman–Crippen MR) is 124 cm³/mol. The number of halogens is 2. The lowest BCUT2D eigenvalue weighted by Gasteiger charge is -2.46. The number of fused-ring (bicyclic) bond motifs is 1. The molecule has 5 nitrogen and oxygen atoms in total. The largest absolute Gasteiger partial charge is 0.505 e. The number of nitrogens with one attached hydrogen (secondary N) is 1. The summed E-state index contributed by atoms with van der Waals surface area (Å²) in [5.41, 5.74) is 0.0867. The second kappa shape index (κ2) is 9.54. The number of carbonyl (C=O) groups is 1. The second-order valence-electron chi connectivity index (χ2n) is 7.44. The van der Waals surface area contributed by atoms with Crippen LogP contribution in [0.1, 0.15) is 22.3 Å². The molecule has 1 amide bonds. The van der Waals surface area contributed by atoms with Crippen LogP contribution in [0.15, 0.2) is 70.3 Å². The monoisotopic (exact) mass is 504 g/mol. The predicted octanol–water partition coefficient (Wildman–Crippen LogP) is 4.88. The lowest BCUT2D eigenvalue weighted by atomic mass is 9.75. The first kappa shape index (κ1) is 22.0. The van der Waals surface area contributed by atoms with Crippen LogP contribution in [0.3, 0.4) is 0 Å². The molecule has 1 saturated heterocycles. The zero-order valence-electron chi connectivity index (χ0n) is 16.9. The minimum atomic E-state index is -0.921. The Labute approximate surface area is 193 Å². The van der Waals surface area contributed by atoms with E-state index in [4.69, 9.17) is 14.5 Å². The molecule has 0 unspecified atom stereocenters. The van der Waals surface area contributed by atoms with Crippen molar-refractivity contribution in [1.29, 1.82) is 0 Å². The number of thioether (sulfide) groups is 1. The summed E-state index contributed by atoms with van der Waals surface area (Å²) in [4.78, 5) is 17.6. The van der Waals surface area contributed by atoms with Crippen molar-refractivity contribution in [2.75, 3.05) is 19.5 Å². The number of hydrogen-bond acceptors (Lipinski definition) is 5. The van der Waals surface area contributed by atoms with Crippen molar-refractivity contribution >= 4 is 38.8 Å². The van der Waals surface area contributed by atoms with Crippen LogP contribution in [0, 0.1) is 11.7 Å². The fourth-order valence-corrected chi connectivity index (χ4v) is 5.45. The van der Waals surface area contributed by atoms with Gasteiger partial charge in [0.1, 0.15) is 11.4 Å². The molecule has 1 N–H and O–H groups in total. The van der Waals surface area contributed by atoms with Crippen LogP contribution >= 0.6 is 27.7 Å². The molecule has 4 rings (SSSR count). The van der Waals surface area contributed by atoms with Gasteiger partial charge in [0, 0.05) is 27.3 Å². The van der Waals surface area contributed by atoms with E-state index in [1.807, 2.05) is 24.3 Å². The van der Waals surface area contributed by atoms with E-state index >= 15 is 4.39 Å². The van der Waals surface area contributed by atoms with Crippen molar-refractivity contribution in [3.05, 3.63) is 82.3 Å². The van der Waals surface area contributed by atoms with Crippen LogP contribution in [0.4, 0.5) is 4.39 Å². The fourth-order valence-electron chi connectivity index (χ4n) is 3.93. The third-order valence-corrected chi connectivity index (χ3v) is 7.04. The molecular formula is C23H22BrFN2O3S. The van der Waals surface area contributed by atoms with Gasteiger partial charge in [0.15, 0.2) is 5.17 Å². The minimum absolute atomic E-state index is 0.0268. The third kappa shape index (κ3) is 4.71. The number of ether oxygens (including phenoxy) is 2. The van der Waals surface area contributed by atoms with Crippen molar-refractivity contribution in [2.45, 2.75) is 18.1 Å². The van der Waals surface area contributed by atoms with E-state index in [-0.39, 0.29) is 30.4 Å². The number of carbonyl (C=O) groups excluding carboxylic acids is 1. The Morgan fingerprint density at radius 2 is 2.16 bits per heavy atom. The molecule has 2 aromatic carbocycles. The summed E-state index contributed by atoms with van der Waals surface area (Å²) >= 11 is 4.92. The Morgan fingerprint density at radius 1 is 1.35 bits per heavy atom. The second-order valence-corrected chi connectivity index (χ2v) is 9.37. The Balaban J connectivity index is 1.69. The highest BCUT2D eigenvalue weighted by atomic mass is 79.9. The molecule has 2 aliphatic rings. The van der Waals surface area contributed by atoms with E-state index in [1.54, 1.807) is 37.6 Å². The molecular weight excluding hydrogens is 483 g/mol. The summed E-state index contributed by atoms with van der Waals surface area (Å²) in [6.45, 7) is 0.203. The third-order valence-electron chi connectivity index (χ3n) is 5.51. The van der Waals surface area contributed by atoms with Crippen molar-refractivity contribution < 1.29 is 18.7 Å². The highest BCUT2D eigenvalue weighted by Crippen LogP contribution is 2.47. The number of amides is 1. The molecule has 0 radical (unpaired) electrons. The normalized spacial score (nSPS) is 25.6. The SMILES string of the molecule is CO/C=C/[C@H]1C[C@H]2CSC(NC(=O)c3ccccc3)=N[C@@]2(c2cc(Br)ccc2F)CO1. The van der Waals surface area contributed by atoms with E-state index in [9.17, 15) is 4.79 Å². The maximum absolute atomic E-state index is 15.0. The van der Waals surface area contributed by atoms with E-state index < -0.39 is 5.54 Å². The Bertz CT molecular complexity index is 1020. The van der Waals surface area contributed by atoms with Crippen LogP contribution in [-0.2, 0) is 15.0 Å². The summed E-state index contributed by atoms with van der Waals surface area (Å²) in [6, 6.07) is 13.8. The summed E-state index contributed by atoms with van der Waals surface area (Å²) in [5.74, 6) is 0.124. The molecule has 2 aliphatic heterocycles. The zero-order chi connectivity index (χ0) is 21.8. The molecule has 2 heterocycles. The number of methoxy groups -OCH3 is 1. The van der Waals surface area contributed by atoms with Crippen LogP contribution in [0.5, 0.6) is 0 Å². The summed E-state index contributed by atoms with van der Waals surface area (Å²) < 4.78 is 26.8. The molecule has 1 fully saturated rings. The average molecular weight is 505 g/mol. The number of rotatable bonds is 4. The summed E-state index contributed by atoms with van der Waals surface area (Å²) in [7, 11) is 1.59. The van der Waals surface area contributed by atoms with E-state index in [1.165, 1.54) is 17.8 Å². The van der Waals surface area contributed by atoms with Gasteiger partial charge in [-0.15, -0.1) is 0 Å². The topological polar surface area (TPSA) is 59.9 Å². The standard InChI is InChI=1S/C23H22BrFN2O3S/c1-29-10-9-18-11-16-13-31-22(26-21(28)15-5-3-2-4-6-15)27-23(16,14-30-18)19-12-17(24)7-8-20(19)25/h2-10,12,16,18H,11,13-14H2,1H3,(H,26,27,28)/b10-9+/t16-,18-,23-/m0/s1. The quantitative estimate of drug-likeness (QED) is 0.602. The van der Waals surface area contributed by atoms with Crippen molar-refractivity contribution in [3.63, 3.8) is 0 Å². The van der Waals surface area contributed by atoms with E-state index in [0.29, 0.717) is 28.5 Å². The molecule has 0 aromatic heterocycles. The maximum atomic E-state index is 15.0. The Kier molecular flexibility index (Phi) is 6.79. The van der Waals surface area contributed by atoms with Gasteiger partial charge in [-0.3, -0.25) is 4.79 Å². The van der Waals surface area contributed by atoms with Gasteiger partial charge in [-0.05, 0) is 42.8 Å². The van der Waals surface area contributed by atoms with Crippen LogP contribution in [0.2, 0.25) is 0 Å². The number of benzene rings is 2. The van der Waals surface area contributed by atoms with Crippen LogP contribution in [0.25, 0.3) is 0 Å². The molecule has 162 valence electrons. The van der Waals surface area contributed by atoms with Gasteiger partial charge in [-0.1, -0.05) is 45.9 Å². The average Bonchev–Trinajstić information content (AvgIpc) is 2.79. The first-order valence-electron chi connectivity index (χ1n) is 9.87. The van der Waals surface area contributed by atoms with Crippen LogP contribution in [-0.4, -0.2) is 36.6 Å².